The summed E-state index contributed by atoms with van der Waals surface area (Å²) in [7, 11) is 1.66. The van der Waals surface area contributed by atoms with Gasteiger partial charge in [-0.2, -0.15) is 5.10 Å². The summed E-state index contributed by atoms with van der Waals surface area (Å²) in [6.45, 7) is 1.07. The highest BCUT2D eigenvalue weighted by molar-refractivity contribution is 5.73. The van der Waals surface area contributed by atoms with Crippen molar-refractivity contribution in [3.05, 3.63) is 78.1 Å². The Labute approximate surface area is 159 Å². The van der Waals surface area contributed by atoms with Crippen LogP contribution >= 0.6 is 0 Å². The number of nitrogens with zero attached hydrogens (tertiary/aromatic N) is 2. The minimum atomic E-state index is -0.169. The maximum Gasteiger partial charge on any atom is 0.315 e. The smallest absolute Gasteiger partial charge is 0.315 e. The Bertz CT molecular complexity index is 844. The summed E-state index contributed by atoms with van der Waals surface area (Å²) in [5.41, 5.74) is 3.17. The molecular weight excluding hydrogens is 340 g/mol. The maximum atomic E-state index is 11.9. The highest BCUT2D eigenvalue weighted by Crippen LogP contribution is 2.12. The van der Waals surface area contributed by atoms with Gasteiger partial charge in [0.15, 0.2) is 0 Å². The molecule has 0 fully saturated rings. The van der Waals surface area contributed by atoms with Gasteiger partial charge >= 0.3 is 6.03 Å². The Morgan fingerprint density at radius 3 is 2.56 bits per heavy atom. The molecule has 1 aromatic heterocycles. The lowest BCUT2D eigenvalue weighted by atomic mass is 10.1. The van der Waals surface area contributed by atoms with Crippen LogP contribution in [0, 0.1) is 0 Å². The first-order valence-corrected chi connectivity index (χ1v) is 8.98. The fraction of sp³-hybridized carbons (Fsp3) is 0.238. The van der Waals surface area contributed by atoms with Crippen molar-refractivity contribution in [2.75, 3.05) is 13.7 Å². The topological polar surface area (TPSA) is 68.2 Å². The van der Waals surface area contributed by atoms with Crippen LogP contribution in [0.5, 0.6) is 5.75 Å². The van der Waals surface area contributed by atoms with E-state index in [-0.39, 0.29) is 6.03 Å². The second kappa shape index (κ2) is 9.43. The average Bonchev–Trinajstić information content (AvgIpc) is 3.20. The van der Waals surface area contributed by atoms with Gasteiger partial charge in [-0.15, -0.1) is 0 Å². The Morgan fingerprint density at radius 1 is 1.04 bits per heavy atom. The zero-order valence-electron chi connectivity index (χ0n) is 15.4. The van der Waals surface area contributed by atoms with Crippen molar-refractivity contribution in [2.24, 2.45) is 0 Å². The number of hydrogen-bond acceptors (Lipinski definition) is 3. The molecule has 0 saturated carbocycles. The van der Waals surface area contributed by atoms with E-state index in [1.807, 2.05) is 60.8 Å². The molecule has 0 unspecified atom stereocenters. The number of nitrogens with one attached hydrogen (secondary N) is 2. The molecule has 1 heterocycles. The summed E-state index contributed by atoms with van der Waals surface area (Å²) in [6.07, 6.45) is 5.47. The molecule has 0 radical (unpaired) electrons. The molecule has 3 rings (SSSR count). The number of rotatable bonds is 8. The van der Waals surface area contributed by atoms with Crippen molar-refractivity contribution in [3.8, 4) is 11.4 Å². The molecule has 2 N–H and O–H groups in total. The van der Waals surface area contributed by atoms with E-state index in [9.17, 15) is 4.79 Å². The number of amides is 2. The van der Waals surface area contributed by atoms with Crippen LogP contribution in [-0.4, -0.2) is 29.5 Å². The number of benzene rings is 2. The lowest BCUT2D eigenvalue weighted by Crippen LogP contribution is -2.35. The van der Waals surface area contributed by atoms with Crippen molar-refractivity contribution < 1.29 is 9.53 Å². The van der Waals surface area contributed by atoms with Crippen molar-refractivity contribution in [1.29, 1.82) is 0 Å². The second-order valence-corrected chi connectivity index (χ2v) is 6.19. The number of carbonyl (C=O) groups is 1. The number of aromatic nitrogens is 2. The van der Waals surface area contributed by atoms with Crippen molar-refractivity contribution in [1.82, 2.24) is 20.4 Å². The molecule has 0 spiro atoms. The van der Waals surface area contributed by atoms with E-state index in [0.29, 0.717) is 13.1 Å². The quantitative estimate of drug-likeness (QED) is 0.603. The van der Waals surface area contributed by atoms with E-state index in [1.54, 1.807) is 18.0 Å². The Hall–Kier alpha value is -3.28. The molecule has 0 aliphatic rings. The number of ether oxygens (including phenoxy) is 1. The highest BCUT2D eigenvalue weighted by Gasteiger charge is 2.04. The molecule has 0 bridgehead atoms. The van der Waals surface area contributed by atoms with Crippen LogP contribution in [0.2, 0.25) is 0 Å². The first kappa shape index (κ1) is 18.5. The van der Waals surface area contributed by atoms with Gasteiger partial charge in [-0.1, -0.05) is 30.3 Å². The fourth-order valence-corrected chi connectivity index (χ4v) is 2.70. The minimum Gasteiger partial charge on any atom is -0.497 e. The summed E-state index contributed by atoms with van der Waals surface area (Å²) in [4.78, 5) is 11.9. The Morgan fingerprint density at radius 2 is 1.81 bits per heavy atom. The number of aryl methyl sites for hydroxylation is 1. The molecular formula is C21H24N4O2. The zero-order valence-corrected chi connectivity index (χ0v) is 15.4. The highest BCUT2D eigenvalue weighted by atomic mass is 16.5. The van der Waals surface area contributed by atoms with Gasteiger partial charge in [0.2, 0.25) is 0 Å². The molecule has 0 saturated heterocycles. The predicted octanol–water partition coefficient (Wildman–Crippen LogP) is 3.31. The van der Waals surface area contributed by atoms with Gasteiger partial charge in [-0.05, 0) is 42.7 Å². The summed E-state index contributed by atoms with van der Waals surface area (Å²) in [5, 5.41) is 10.1. The van der Waals surface area contributed by atoms with Gasteiger partial charge in [-0.25, -0.2) is 9.48 Å². The first-order valence-electron chi connectivity index (χ1n) is 8.98. The number of urea groups is 1. The summed E-state index contributed by atoms with van der Waals surface area (Å²) >= 11 is 0. The van der Waals surface area contributed by atoms with E-state index in [0.717, 1.165) is 29.8 Å². The zero-order chi connectivity index (χ0) is 18.9. The van der Waals surface area contributed by atoms with Crippen LogP contribution in [0.1, 0.15) is 17.5 Å². The van der Waals surface area contributed by atoms with Gasteiger partial charge in [0.25, 0.3) is 0 Å². The van der Waals surface area contributed by atoms with Gasteiger partial charge < -0.3 is 15.4 Å². The molecule has 0 atom stereocenters. The Kier molecular flexibility index (Phi) is 6.46. The molecule has 140 valence electrons. The largest absolute Gasteiger partial charge is 0.497 e. The van der Waals surface area contributed by atoms with Crippen LogP contribution < -0.4 is 15.4 Å². The lowest BCUT2D eigenvalue weighted by molar-refractivity contribution is 0.240. The first-order chi connectivity index (χ1) is 13.2. The van der Waals surface area contributed by atoms with Crippen LogP contribution in [0.3, 0.4) is 0 Å². The van der Waals surface area contributed by atoms with Crippen LogP contribution in [0.4, 0.5) is 4.79 Å². The van der Waals surface area contributed by atoms with Crippen molar-refractivity contribution >= 4 is 6.03 Å². The van der Waals surface area contributed by atoms with E-state index in [2.05, 4.69) is 15.7 Å². The van der Waals surface area contributed by atoms with Crippen LogP contribution in [-0.2, 0) is 13.0 Å². The van der Waals surface area contributed by atoms with E-state index < -0.39 is 0 Å². The van der Waals surface area contributed by atoms with Crippen LogP contribution in [0.25, 0.3) is 5.69 Å². The average molecular weight is 364 g/mol. The van der Waals surface area contributed by atoms with Gasteiger partial charge in [0.1, 0.15) is 5.75 Å². The van der Waals surface area contributed by atoms with Crippen LogP contribution in [0.15, 0.2) is 67.0 Å². The molecule has 6 heteroatoms. The summed E-state index contributed by atoms with van der Waals surface area (Å²) in [5.74, 6) is 0.854. The third kappa shape index (κ3) is 5.60. The van der Waals surface area contributed by atoms with Gasteiger partial charge in [-0.3, -0.25) is 0 Å². The maximum absolute atomic E-state index is 11.9. The number of carbonyl (C=O) groups excluding carboxylic acids is 1. The monoisotopic (exact) mass is 364 g/mol. The normalized spacial score (nSPS) is 10.4. The van der Waals surface area contributed by atoms with Gasteiger partial charge in [0.05, 0.1) is 19.0 Å². The van der Waals surface area contributed by atoms with Crippen molar-refractivity contribution in [2.45, 2.75) is 19.4 Å². The van der Waals surface area contributed by atoms with E-state index >= 15 is 0 Å². The molecule has 0 aliphatic heterocycles. The minimum absolute atomic E-state index is 0.169. The third-order valence-corrected chi connectivity index (χ3v) is 4.20. The molecule has 2 aromatic carbocycles. The molecule has 3 aromatic rings. The number of methoxy groups -OCH3 is 1. The number of hydrogen-bond donors (Lipinski definition) is 2. The molecule has 6 nitrogen and oxygen atoms in total. The number of para-hydroxylation sites is 1. The molecule has 0 aliphatic carbocycles. The van der Waals surface area contributed by atoms with Crippen molar-refractivity contribution in [3.63, 3.8) is 0 Å². The SMILES string of the molecule is COc1ccc(CCCNC(=O)NCc2cnn(-c3ccccc3)c2)cc1. The van der Waals surface area contributed by atoms with E-state index in [1.165, 1.54) is 5.56 Å². The lowest BCUT2D eigenvalue weighted by Gasteiger charge is -2.07. The van der Waals surface area contributed by atoms with Gasteiger partial charge in [0, 0.05) is 24.8 Å². The second-order valence-electron chi connectivity index (χ2n) is 6.19. The Balaban J connectivity index is 1.35. The summed E-state index contributed by atoms with van der Waals surface area (Å²) in [6, 6.07) is 17.7. The predicted molar refractivity (Wildman–Crippen MR) is 105 cm³/mol. The molecule has 27 heavy (non-hydrogen) atoms. The fourth-order valence-electron chi connectivity index (χ4n) is 2.70. The summed E-state index contributed by atoms with van der Waals surface area (Å²) < 4.78 is 6.94. The standard InChI is InChI=1S/C21H24N4O2/c1-27-20-11-9-17(10-12-20)6-5-13-22-21(26)23-14-18-15-24-25(16-18)19-7-3-2-4-8-19/h2-4,7-12,15-16H,5-6,13-14H2,1H3,(H2,22,23,26). The third-order valence-electron chi connectivity index (χ3n) is 4.20. The molecule has 2 amide bonds. The van der Waals surface area contributed by atoms with E-state index in [4.69, 9.17) is 4.74 Å².